The van der Waals surface area contributed by atoms with E-state index < -0.39 is 0 Å². The van der Waals surface area contributed by atoms with E-state index in [1.54, 1.807) is 12.1 Å². The number of carbonyl (C=O) groups is 1. The first kappa shape index (κ1) is 12.6. The molecular formula is C15H17ClN2O2. The molecular weight excluding hydrogens is 276 g/mol. The third-order valence-electron chi connectivity index (χ3n) is 4.91. The average molecular weight is 293 g/mol. The van der Waals surface area contributed by atoms with Gasteiger partial charge < -0.3 is 9.64 Å². The van der Waals surface area contributed by atoms with Crippen LogP contribution in [0.3, 0.4) is 0 Å². The Labute approximate surface area is 123 Å². The maximum atomic E-state index is 12.2. The number of halogens is 1. The highest BCUT2D eigenvalue weighted by Gasteiger charge is 2.49. The van der Waals surface area contributed by atoms with Crippen molar-refractivity contribution >= 4 is 17.6 Å². The third kappa shape index (κ3) is 2.11. The van der Waals surface area contributed by atoms with Gasteiger partial charge in [-0.3, -0.25) is 0 Å². The Morgan fingerprint density at radius 1 is 1.25 bits per heavy atom. The lowest BCUT2D eigenvalue weighted by Crippen LogP contribution is -2.60. The van der Waals surface area contributed by atoms with Crippen molar-refractivity contribution in [2.45, 2.75) is 18.9 Å². The summed E-state index contributed by atoms with van der Waals surface area (Å²) in [5.41, 5.74) is 0.489. The summed E-state index contributed by atoms with van der Waals surface area (Å²) in [7, 11) is 0. The van der Waals surface area contributed by atoms with Crippen LogP contribution >= 0.6 is 11.6 Å². The lowest BCUT2D eigenvalue weighted by atomic mass is 9.66. The molecule has 3 saturated heterocycles. The molecule has 4 heterocycles. The fraction of sp³-hybridized carbons (Fsp3) is 0.600. The molecule has 0 aromatic carbocycles. The number of rotatable bonds is 2. The summed E-state index contributed by atoms with van der Waals surface area (Å²) in [6, 6.07) is 3.30. The molecule has 5 heteroatoms. The number of carbonyl (C=O) groups excluding carboxylic acids is 1. The number of piperidine rings is 3. The Hall–Kier alpha value is -1.13. The number of esters is 1. The van der Waals surface area contributed by atoms with Gasteiger partial charge in [-0.2, -0.15) is 0 Å². The van der Waals surface area contributed by atoms with Crippen molar-refractivity contribution in [2.24, 2.45) is 17.8 Å². The standard InChI is InChI=1S/C15H17ClN2O2/c16-13-2-1-10(5-17-13)15(19)20-14-11-3-9-4-12(14)8-18(6-9)7-11/h1-2,5,9,11-12,14H,3-4,6-8H2. The van der Waals surface area contributed by atoms with E-state index in [0.717, 1.165) is 19.0 Å². The Morgan fingerprint density at radius 2 is 2.00 bits per heavy atom. The molecule has 20 heavy (non-hydrogen) atoms. The minimum atomic E-state index is -0.262. The van der Waals surface area contributed by atoms with E-state index >= 15 is 0 Å². The smallest absolute Gasteiger partial charge is 0.339 e. The van der Waals surface area contributed by atoms with Crippen molar-refractivity contribution in [3.63, 3.8) is 0 Å². The zero-order valence-electron chi connectivity index (χ0n) is 11.2. The molecule has 2 unspecified atom stereocenters. The second kappa shape index (κ2) is 4.71. The predicted molar refractivity (Wildman–Crippen MR) is 74.6 cm³/mol. The SMILES string of the molecule is O=C(OC1C2CC3CC1CN(C3)C2)c1ccc(Cl)nc1. The largest absolute Gasteiger partial charge is 0.458 e. The lowest BCUT2D eigenvalue weighted by Gasteiger charge is -2.55. The second-order valence-electron chi connectivity index (χ2n) is 6.32. The second-order valence-corrected chi connectivity index (χ2v) is 6.70. The van der Waals surface area contributed by atoms with E-state index in [-0.39, 0.29) is 12.1 Å². The van der Waals surface area contributed by atoms with Crippen LogP contribution in [0.25, 0.3) is 0 Å². The summed E-state index contributed by atoms with van der Waals surface area (Å²) < 4.78 is 5.80. The van der Waals surface area contributed by atoms with Crippen LogP contribution in [0.2, 0.25) is 5.15 Å². The zero-order valence-corrected chi connectivity index (χ0v) is 11.9. The predicted octanol–water partition coefficient (Wildman–Crippen LogP) is 2.23. The molecule has 5 rings (SSSR count). The molecule has 0 radical (unpaired) electrons. The molecule has 0 N–H and O–H groups in total. The van der Waals surface area contributed by atoms with Crippen LogP contribution in [0.1, 0.15) is 23.2 Å². The van der Waals surface area contributed by atoms with Crippen molar-refractivity contribution in [2.75, 3.05) is 19.6 Å². The number of ether oxygens (including phenoxy) is 1. The van der Waals surface area contributed by atoms with E-state index in [9.17, 15) is 4.79 Å². The Morgan fingerprint density at radius 3 is 2.60 bits per heavy atom. The first-order chi connectivity index (χ1) is 9.69. The summed E-state index contributed by atoms with van der Waals surface area (Å²) >= 11 is 5.74. The number of nitrogens with zero attached hydrogens (tertiary/aromatic N) is 2. The van der Waals surface area contributed by atoms with Crippen molar-refractivity contribution in [1.29, 1.82) is 0 Å². The molecule has 2 atom stereocenters. The van der Waals surface area contributed by atoms with Crippen molar-refractivity contribution < 1.29 is 9.53 Å². The zero-order chi connectivity index (χ0) is 13.7. The van der Waals surface area contributed by atoms with Gasteiger partial charge in [-0.15, -0.1) is 0 Å². The van der Waals surface area contributed by atoms with Gasteiger partial charge >= 0.3 is 5.97 Å². The molecule has 106 valence electrons. The Kier molecular flexibility index (Phi) is 2.97. The van der Waals surface area contributed by atoms with Gasteiger partial charge in [0.2, 0.25) is 0 Å². The van der Waals surface area contributed by atoms with Gasteiger partial charge in [0.05, 0.1) is 5.56 Å². The van der Waals surface area contributed by atoms with Gasteiger partial charge in [0.15, 0.2) is 0 Å². The van der Waals surface area contributed by atoms with E-state index in [4.69, 9.17) is 16.3 Å². The maximum Gasteiger partial charge on any atom is 0.339 e. The van der Waals surface area contributed by atoms with Crippen LogP contribution in [0.15, 0.2) is 18.3 Å². The first-order valence-electron chi connectivity index (χ1n) is 7.24. The highest BCUT2D eigenvalue weighted by molar-refractivity contribution is 6.29. The van der Waals surface area contributed by atoms with Gasteiger partial charge in [-0.1, -0.05) is 11.6 Å². The Balaban J connectivity index is 1.49. The number of hydrogen-bond acceptors (Lipinski definition) is 4. The molecule has 3 aliphatic heterocycles. The van der Waals surface area contributed by atoms with Gasteiger partial charge in [-0.25, -0.2) is 9.78 Å². The quantitative estimate of drug-likeness (QED) is 0.619. The number of aromatic nitrogens is 1. The van der Waals surface area contributed by atoms with Gasteiger partial charge in [0.25, 0.3) is 0 Å². The molecule has 0 amide bonds. The van der Waals surface area contributed by atoms with Gasteiger partial charge in [0.1, 0.15) is 11.3 Å². The van der Waals surface area contributed by atoms with E-state index in [0.29, 0.717) is 22.6 Å². The van der Waals surface area contributed by atoms with E-state index in [2.05, 4.69) is 9.88 Å². The van der Waals surface area contributed by atoms with Crippen LogP contribution in [0, 0.1) is 17.8 Å². The van der Waals surface area contributed by atoms with Crippen molar-refractivity contribution in [3.05, 3.63) is 29.0 Å². The topological polar surface area (TPSA) is 42.4 Å². The van der Waals surface area contributed by atoms with E-state index in [1.165, 1.54) is 25.6 Å². The summed E-state index contributed by atoms with van der Waals surface area (Å²) in [5, 5.41) is 0.393. The van der Waals surface area contributed by atoms with Crippen molar-refractivity contribution in [3.8, 4) is 0 Å². The number of pyridine rings is 1. The molecule has 4 bridgehead atoms. The van der Waals surface area contributed by atoms with Crippen molar-refractivity contribution in [1.82, 2.24) is 9.88 Å². The Bertz CT molecular complexity index is 503. The number of hydrogen-bond donors (Lipinski definition) is 0. The van der Waals surface area contributed by atoms with Crippen LogP contribution < -0.4 is 0 Å². The first-order valence-corrected chi connectivity index (χ1v) is 7.62. The van der Waals surface area contributed by atoms with Gasteiger partial charge in [-0.05, 0) is 30.9 Å². The fourth-order valence-corrected chi connectivity index (χ4v) is 4.36. The highest BCUT2D eigenvalue weighted by Crippen LogP contribution is 2.44. The monoisotopic (exact) mass is 292 g/mol. The normalized spacial score (nSPS) is 38.0. The summed E-state index contributed by atoms with van der Waals surface area (Å²) in [6.45, 7) is 3.42. The van der Waals surface area contributed by atoms with Gasteiger partial charge in [0, 0.05) is 37.7 Å². The molecule has 0 spiro atoms. The molecule has 4 nitrogen and oxygen atoms in total. The lowest BCUT2D eigenvalue weighted by molar-refractivity contribution is -0.116. The molecule has 4 aliphatic rings. The molecule has 1 saturated carbocycles. The maximum absolute atomic E-state index is 12.2. The van der Waals surface area contributed by atoms with Crippen LogP contribution in [-0.4, -0.2) is 41.6 Å². The van der Waals surface area contributed by atoms with Crippen LogP contribution in [-0.2, 0) is 4.74 Å². The third-order valence-corrected chi connectivity index (χ3v) is 5.13. The average Bonchev–Trinajstić information content (AvgIpc) is 2.42. The van der Waals surface area contributed by atoms with Crippen LogP contribution in [0.4, 0.5) is 0 Å². The molecule has 4 fully saturated rings. The minimum absolute atomic E-state index is 0.0889. The van der Waals surface area contributed by atoms with Crippen LogP contribution in [0.5, 0.6) is 0 Å². The fourth-order valence-electron chi connectivity index (χ4n) is 4.24. The summed E-state index contributed by atoms with van der Waals surface area (Å²) in [4.78, 5) is 18.7. The van der Waals surface area contributed by atoms with E-state index in [1.807, 2.05) is 0 Å². The molecule has 1 aromatic heterocycles. The molecule has 1 aromatic rings. The molecule has 1 aliphatic carbocycles. The summed E-state index contributed by atoms with van der Waals surface area (Å²) in [5.74, 6) is 1.59. The highest BCUT2D eigenvalue weighted by atomic mass is 35.5. The summed E-state index contributed by atoms with van der Waals surface area (Å²) in [6.07, 6.45) is 4.00. The minimum Gasteiger partial charge on any atom is -0.458 e.